The van der Waals surface area contributed by atoms with Crippen molar-refractivity contribution < 1.29 is 23.9 Å². The first kappa shape index (κ1) is 23.5. The smallest absolute Gasteiger partial charge is 0.335 e. The van der Waals surface area contributed by atoms with Crippen molar-refractivity contribution in [2.75, 3.05) is 18.1 Å². The highest BCUT2D eigenvalue weighted by Crippen LogP contribution is 2.35. The summed E-state index contributed by atoms with van der Waals surface area (Å²) >= 11 is 2.10. The molecule has 1 saturated heterocycles. The highest BCUT2D eigenvalue weighted by Gasteiger charge is 2.37. The van der Waals surface area contributed by atoms with Crippen molar-refractivity contribution >= 4 is 52.2 Å². The quantitative estimate of drug-likeness (QED) is 0.239. The van der Waals surface area contributed by atoms with Crippen molar-refractivity contribution in [2.24, 2.45) is 0 Å². The second-order valence-electron chi connectivity index (χ2n) is 7.11. The van der Waals surface area contributed by atoms with Crippen LogP contribution in [-0.4, -0.2) is 31.1 Å². The number of aryl methyl sites for hydroxylation is 2. The normalized spacial score (nSPS) is 15.1. The van der Waals surface area contributed by atoms with E-state index >= 15 is 0 Å². The van der Waals surface area contributed by atoms with Crippen molar-refractivity contribution in [3.8, 4) is 11.5 Å². The highest BCUT2D eigenvalue weighted by atomic mass is 127. The van der Waals surface area contributed by atoms with Crippen LogP contribution in [0.3, 0.4) is 0 Å². The number of barbiturate groups is 1. The number of benzene rings is 2. The van der Waals surface area contributed by atoms with E-state index in [-0.39, 0.29) is 5.57 Å². The van der Waals surface area contributed by atoms with E-state index in [9.17, 15) is 14.4 Å². The zero-order valence-corrected chi connectivity index (χ0v) is 20.2. The molecule has 0 bridgehead atoms. The fraction of sp³-hybridized carbons (Fsp3) is 0.208. The van der Waals surface area contributed by atoms with E-state index in [1.807, 2.05) is 26.0 Å². The third kappa shape index (κ3) is 4.85. The maximum absolute atomic E-state index is 13.2. The lowest BCUT2D eigenvalue weighted by Crippen LogP contribution is -2.54. The molecule has 2 aromatic carbocycles. The van der Waals surface area contributed by atoms with Crippen LogP contribution in [0.25, 0.3) is 6.08 Å². The molecule has 1 heterocycles. The van der Waals surface area contributed by atoms with E-state index in [1.54, 1.807) is 31.2 Å². The van der Waals surface area contributed by atoms with Gasteiger partial charge in [-0.1, -0.05) is 24.8 Å². The largest absolute Gasteiger partial charge is 0.490 e. The Morgan fingerprint density at radius 1 is 1.12 bits per heavy atom. The van der Waals surface area contributed by atoms with E-state index in [2.05, 4.69) is 34.5 Å². The molecule has 32 heavy (non-hydrogen) atoms. The minimum absolute atomic E-state index is 0.150. The van der Waals surface area contributed by atoms with Crippen molar-refractivity contribution in [1.82, 2.24) is 5.32 Å². The third-order valence-corrected chi connectivity index (χ3v) is 5.50. The topological polar surface area (TPSA) is 84.9 Å². The first-order chi connectivity index (χ1) is 15.3. The standard InChI is InChI=1S/C24H23IN2O5/c1-5-9-32-21-18(25)12-16(13-20(21)31-6-2)11-17-22(28)26-24(30)27(23(17)29)19-10-14(3)7-8-15(19)4/h5,7-8,10-13H,1,6,9H2,2-4H3,(H,26,28,30)/b17-11+. The Balaban J connectivity index is 2.05. The summed E-state index contributed by atoms with van der Waals surface area (Å²) in [6.45, 7) is 9.89. The Hall–Kier alpha value is -3.14. The predicted molar refractivity (Wildman–Crippen MR) is 131 cm³/mol. The fourth-order valence-electron chi connectivity index (χ4n) is 3.22. The molecule has 0 spiro atoms. The fourth-order valence-corrected chi connectivity index (χ4v) is 4.00. The van der Waals surface area contributed by atoms with Gasteiger partial charge in [0.25, 0.3) is 11.8 Å². The molecule has 0 aliphatic carbocycles. The summed E-state index contributed by atoms with van der Waals surface area (Å²) in [6.07, 6.45) is 3.08. The van der Waals surface area contributed by atoms with E-state index in [1.165, 1.54) is 6.08 Å². The van der Waals surface area contributed by atoms with Crippen molar-refractivity contribution in [2.45, 2.75) is 20.8 Å². The van der Waals surface area contributed by atoms with Gasteiger partial charge in [0.2, 0.25) is 0 Å². The van der Waals surface area contributed by atoms with E-state index in [0.29, 0.717) is 36.0 Å². The van der Waals surface area contributed by atoms with Gasteiger partial charge in [0.1, 0.15) is 12.2 Å². The number of rotatable bonds is 7. The molecule has 1 aliphatic rings. The summed E-state index contributed by atoms with van der Waals surface area (Å²) in [5, 5.41) is 2.26. The molecule has 166 valence electrons. The molecule has 0 atom stereocenters. The van der Waals surface area contributed by atoms with Crippen LogP contribution in [0.15, 0.2) is 48.6 Å². The van der Waals surface area contributed by atoms with Crippen molar-refractivity contribution in [3.63, 3.8) is 0 Å². The van der Waals surface area contributed by atoms with Gasteiger partial charge in [-0.3, -0.25) is 14.9 Å². The molecule has 2 aromatic rings. The molecule has 0 saturated carbocycles. The molecule has 7 nitrogen and oxygen atoms in total. The zero-order chi connectivity index (χ0) is 23.4. The number of nitrogens with one attached hydrogen (secondary N) is 1. The van der Waals surface area contributed by atoms with E-state index in [4.69, 9.17) is 9.47 Å². The van der Waals surface area contributed by atoms with Gasteiger partial charge in [0.15, 0.2) is 11.5 Å². The first-order valence-corrected chi connectivity index (χ1v) is 11.0. The van der Waals surface area contributed by atoms with Crippen LogP contribution in [0.5, 0.6) is 11.5 Å². The second-order valence-corrected chi connectivity index (χ2v) is 8.27. The summed E-state index contributed by atoms with van der Waals surface area (Å²) in [6, 6.07) is 8.14. The number of nitrogens with zero attached hydrogens (tertiary/aromatic N) is 1. The molecule has 0 radical (unpaired) electrons. The lowest BCUT2D eigenvalue weighted by Gasteiger charge is -2.28. The molecule has 3 rings (SSSR count). The molecule has 0 aromatic heterocycles. The van der Waals surface area contributed by atoms with Crippen molar-refractivity contribution in [1.29, 1.82) is 0 Å². The van der Waals surface area contributed by atoms with Crippen LogP contribution < -0.4 is 19.7 Å². The Bertz CT molecular complexity index is 1140. The van der Waals surface area contributed by atoms with Crippen LogP contribution >= 0.6 is 22.6 Å². The number of hydrogen-bond donors (Lipinski definition) is 1. The number of carbonyl (C=O) groups excluding carboxylic acids is 3. The second kappa shape index (κ2) is 9.99. The van der Waals surface area contributed by atoms with Gasteiger partial charge < -0.3 is 9.47 Å². The van der Waals surface area contributed by atoms with E-state index < -0.39 is 17.8 Å². The minimum atomic E-state index is -0.774. The average molecular weight is 546 g/mol. The molecular weight excluding hydrogens is 523 g/mol. The monoisotopic (exact) mass is 546 g/mol. The maximum atomic E-state index is 13.2. The minimum Gasteiger partial charge on any atom is -0.490 e. The lowest BCUT2D eigenvalue weighted by molar-refractivity contribution is -0.122. The molecule has 0 unspecified atom stereocenters. The number of carbonyl (C=O) groups is 3. The number of amides is 4. The number of hydrogen-bond acceptors (Lipinski definition) is 5. The summed E-state index contributed by atoms with van der Waals surface area (Å²) in [5.41, 5.74) is 2.48. The first-order valence-electron chi connectivity index (χ1n) is 9.95. The lowest BCUT2D eigenvalue weighted by atomic mass is 10.0. The van der Waals surface area contributed by atoms with Gasteiger partial charge >= 0.3 is 6.03 Å². The van der Waals surface area contributed by atoms with Crippen LogP contribution in [0.4, 0.5) is 10.5 Å². The Labute approximate surface area is 200 Å². The van der Waals surface area contributed by atoms with Crippen molar-refractivity contribution in [3.05, 3.63) is 68.8 Å². The van der Waals surface area contributed by atoms with Crippen LogP contribution in [0.1, 0.15) is 23.6 Å². The van der Waals surface area contributed by atoms with Gasteiger partial charge in [-0.15, -0.1) is 0 Å². The van der Waals surface area contributed by atoms with Gasteiger partial charge in [-0.25, -0.2) is 9.69 Å². The summed E-state index contributed by atoms with van der Waals surface area (Å²) in [5.74, 6) is -0.394. The van der Waals surface area contributed by atoms with Crippen LogP contribution in [0.2, 0.25) is 0 Å². The predicted octanol–water partition coefficient (Wildman–Crippen LogP) is 4.54. The Morgan fingerprint density at radius 3 is 2.56 bits per heavy atom. The van der Waals surface area contributed by atoms with Gasteiger partial charge in [0.05, 0.1) is 15.9 Å². The molecule has 1 N–H and O–H groups in total. The Morgan fingerprint density at radius 2 is 1.88 bits per heavy atom. The zero-order valence-electron chi connectivity index (χ0n) is 18.0. The molecule has 1 fully saturated rings. The number of halogens is 1. The molecule has 1 aliphatic heterocycles. The Kier molecular flexibility index (Phi) is 7.34. The highest BCUT2D eigenvalue weighted by molar-refractivity contribution is 14.1. The summed E-state index contributed by atoms with van der Waals surface area (Å²) in [4.78, 5) is 39.3. The van der Waals surface area contributed by atoms with Crippen LogP contribution in [-0.2, 0) is 9.59 Å². The number of anilines is 1. The SMILES string of the molecule is C=CCOc1c(I)cc(/C=C2\C(=O)NC(=O)N(c3cc(C)ccc3C)C2=O)cc1OCC. The molecule has 8 heteroatoms. The molecule has 4 amide bonds. The number of imide groups is 2. The summed E-state index contributed by atoms with van der Waals surface area (Å²) < 4.78 is 12.1. The van der Waals surface area contributed by atoms with Gasteiger partial charge in [-0.2, -0.15) is 0 Å². The van der Waals surface area contributed by atoms with Crippen LogP contribution in [0, 0.1) is 17.4 Å². The van der Waals surface area contributed by atoms with Gasteiger partial charge in [-0.05, 0) is 84.3 Å². The third-order valence-electron chi connectivity index (χ3n) is 4.70. The van der Waals surface area contributed by atoms with E-state index in [0.717, 1.165) is 19.6 Å². The number of urea groups is 1. The number of ether oxygens (including phenoxy) is 2. The molecular formula is C24H23IN2O5. The van der Waals surface area contributed by atoms with Gasteiger partial charge in [0, 0.05) is 0 Å². The average Bonchev–Trinajstić information content (AvgIpc) is 2.73. The maximum Gasteiger partial charge on any atom is 0.335 e. The summed E-state index contributed by atoms with van der Waals surface area (Å²) in [7, 11) is 0.